The molecule has 3 rings (SSSR count). The first-order valence-corrected chi connectivity index (χ1v) is 9.43. The van der Waals surface area contributed by atoms with Gasteiger partial charge >= 0.3 is 6.08 Å². The van der Waals surface area contributed by atoms with Gasteiger partial charge < -0.3 is 14.1 Å². The first-order valence-electron chi connectivity index (χ1n) is 9.05. The molecular weight excluding hydrogens is 364 g/mol. The van der Waals surface area contributed by atoms with Crippen LogP contribution in [0.2, 0.25) is 5.02 Å². The first kappa shape index (κ1) is 19.5. The molecule has 2 aromatic rings. The molecule has 0 bridgehead atoms. The Labute approximate surface area is 164 Å². The molecule has 1 aromatic heterocycles. The average molecular weight is 389 g/mol. The average Bonchev–Trinajstić information content (AvgIpc) is 2.92. The monoisotopic (exact) mass is 388 g/mol. The maximum atomic E-state index is 12.9. The fourth-order valence-electron chi connectivity index (χ4n) is 3.56. The standard InChI is InChI=1S/C21H25ClN2O3/c1-13(2)24(16-8-14(3)10-21(4,5)11-16)19(25)12-26-20-23-17-9-15(22)6-7-18(17)27-20/h6-10,13H,11-12H2,1-5H3. The zero-order chi connectivity index (χ0) is 19.8. The Morgan fingerprint density at radius 2 is 2.15 bits per heavy atom. The van der Waals surface area contributed by atoms with E-state index in [2.05, 4.69) is 37.9 Å². The quantitative estimate of drug-likeness (QED) is 0.692. The van der Waals surface area contributed by atoms with E-state index in [1.807, 2.05) is 13.8 Å². The van der Waals surface area contributed by atoms with Crippen molar-refractivity contribution in [2.24, 2.45) is 5.41 Å². The topological polar surface area (TPSA) is 55.6 Å². The van der Waals surface area contributed by atoms with Gasteiger partial charge in [-0.25, -0.2) is 0 Å². The highest BCUT2D eigenvalue weighted by Crippen LogP contribution is 2.35. The van der Waals surface area contributed by atoms with E-state index in [1.54, 1.807) is 23.1 Å². The summed E-state index contributed by atoms with van der Waals surface area (Å²) in [5, 5.41) is 0.569. The van der Waals surface area contributed by atoms with Gasteiger partial charge in [0.1, 0.15) is 5.52 Å². The normalized spacial score (nSPS) is 16.3. The Bertz CT molecular complexity index is 925. The summed E-state index contributed by atoms with van der Waals surface area (Å²) < 4.78 is 11.1. The van der Waals surface area contributed by atoms with Crippen molar-refractivity contribution < 1.29 is 13.9 Å². The minimum absolute atomic E-state index is 0.0159. The van der Waals surface area contributed by atoms with Gasteiger partial charge in [-0.1, -0.05) is 37.1 Å². The molecule has 0 atom stereocenters. The number of hydrogen-bond acceptors (Lipinski definition) is 4. The van der Waals surface area contributed by atoms with Crippen molar-refractivity contribution in [3.8, 4) is 6.08 Å². The van der Waals surface area contributed by atoms with Gasteiger partial charge in [0.05, 0.1) is 0 Å². The third kappa shape index (κ3) is 4.53. The van der Waals surface area contributed by atoms with Crippen LogP contribution in [-0.4, -0.2) is 28.4 Å². The number of fused-ring (bicyclic) bond motifs is 1. The summed E-state index contributed by atoms with van der Waals surface area (Å²) in [6.45, 7) is 10.3. The highest BCUT2D eigenvalue weighted by atomic mass is 35.5. The lowest BCUT2D eigenvalue weighted by atomic mass is 9.81. The predicted octanol–water partition coefficient (Wildman–Crippen LogP) is 5.36. The van der Waals surface area contributed by atoms with E-state index in [0.29, 0.717) is 16.1 Å². The van der Waals surface area contributed by atoms with Crippen LogP contribution in [-0.2, 0) is 4.79 Å². The zero-order valence-electron chi connectivity index (χ0n) is 16.4. The number of amides is 1. The van der Waals surface area contributed by atoms with E-state index in [4.69, 9.17) is 20.8 Å². The van der Waals surface area contributed by atoms with Gasteiger partial charge in [-0.15, -0.1) is 0 Å². The van der Waals surface area contributed by atoms with Crippen LogP contribution in [0, 0.1) is 5.41 Å². The summed E-state index contributed by atoms with van der Waals surface area (Å²) in [4.78, 5) is 18.9. The number of ether oxygens (including phenoxy) is 1. The largest absolute Gasteiger partial charge is 0.440 e. The number of aromatic nitrogens is 1. The number of hydrogen-bond donors (Lipinski definition) is 0. The van der Waals surface area contributed by atoms with Crippen molar-refractivity contribution in [3.05, 3.63) is 46.6 Å². The molecule has 27 heavy (non-hydrogen) atoms. The Hall–Kier alpha value is -2.27. The molecular formula is C21H25ClN2O3. The molecule has 0 aliphatic heterocycles. The minimum Gasteiger partial charge on any atom is -0.440 e. The van der Waals surface area contributed by atoms with Gasteiger partial charge in [0.15, 0.2) is 12.2 Å². The van der Waals surface area contributed by atoms with Crippen LogP contribution in [0.5, 0.6) is 6.08 Å². The third-order valence-electron chi connectivity index (χ3n) is 4.39. The number of rotatable bonds is 5. The van der Waals surface area contributed by atoms with Crippen LogP contribution >= 0.6 is 11.6 Å². The lowest BCUT2D eigenvalue weighted by molar-refractivity contribution is -0.133. The van der Waals surface area contributed by atoms with Crippen molar-refractivity contribution in [1.29, 1.82) is 0 Å². The molecule has 0 saturated carbocycles. The van der Waals surface area contributed by atoms with Gasteiger partial charge in [-0.2, -0.15) is 4.98 Å². The molecule has 1 aliphatic rings. The number of benzene rings is 1. The van der Waals surface area contributed by atoms with E-state index < -0.39 is 0 Å². The van der Waals surface area contributed by atoms with Crippen LogP contribution in [0.25, 0.3) is 11.1 Å². The van der Waals surface area contributed by atoms with Crippen molar-refractivity contribution >= 4 is 28.6 Å². The van der Waals surface area contributed by atoms with Crippen molar-refractivity contribution in [2.75, 3.05) is 6.61 Å². The van der Waals surface area contributed by atoms with Gasteiger partial charge in [-0.05, 0) is 56.9 Å². The number of allylic oxidation sites excluding steroid dienone is 4. The summed E-state index contributed by atoms with van der Waals surface area (Å²) in [6.07, 6.45) is 5.18. The van der Waals surface area contributed by atoms with Crippen LogP contribution in [0.1, 0.15) is 41.0 Å². The molecule has 0 spiro atoms. The zero-order valence-corrected chi connectivity index (χ0v) is 17.1. The molecule has 1 amide bonds. The minimum atomic E-state index is -0.140. The third-order valence-corrected chi connectivity index (χ3v) is 4.63. The Morgan fingerprint density at radius 1 is 1.41 bits per heavy atom. The molecule has 1 aromatic carbocycles. The summed E-state index contributed by atoms with van der Waals surface area (Å²) >= 11 is 5.96. The molecule has 0 saturated heterocycles. The molecule has 0 N–H and O–H groups in total. The summed E-state index contributed by atoms with van der Waals surface area (Å²) in [7, 11) is 0. The number of nitrogens with zero attached hydrogens (tertiary/aromatic N) is 2. The maximum absolute atomic E-state index is 12.9. The van der Waals surface area contributed by atoms with Crippen molar-refractivity contribution in [3.63, 3.8) is 0 Å². The number of carbonyl (C=O) groups excluding carboxylic acids is 1. The van der Waals surface area contributed by atoms with E-state index in [1.165, 1.54) is 0 Å². The van der Waals surface area contributed by atoms with Crippen molar-refractivity contribution in [2.45, 2.75) is 47.1 Å². The lowest BCUT2D eigenvalue weighted by Gasteiger charge is -2.35. The molecule has 1 aliphatic carbocycles. The fourth-order valence-corrected chi connectivity index (χ4v) is 3.72. The molecule has 1 heterocycles. The second-order valence-corrected chi connectivity index (χ2v) is 8.36. The molecule has 0 unspecified atom stereocenters. The van der Waals surface area contributed by atoms with Crippen LogP contribution < -0.4 is 4.74 Å². The van der Waals surface area contributed by atoms with Crippen LogP contribution in [0.15, 0.2) is 46.0 Å². The molecule has 0 fully saturated rings. The summed E-state index contributed by atoms with van der Waals surface area (Å²) in [5.74, 6) is -0.123. The summed E-state index contributed by atoms with van der Waals surface area (Å²) in [6, 6.07) is 5.16. The van der Waals surface area contributed by atoms with Gasteiger partial charge in [0.2, 0.25) is 0 Å². The Kier molecular flexibility index (Phi) is 5.33. The van der Waals surface area contributed by atoms with E-state index >= 15 is 0 Å². The number of halogens is 1. The maximum Gasteiger partial charge on any atom is 0.395 e. The second kappa shape index (κ2) is 7.39. The number of carbonyl (C=O) groups is 1. The van der Waals surface area contributed by atoms with Crippen LogP contribution in [0.3, 0.4) is 0 Å². The predicted molar refractivity (Wildman–Crippen MR) is 107 cm³/mol. The van der Waals surface area contributed by atoms with Crippen LogP contribution in [0.4, 0.5) is 0 Å². The van der Waals surface area contributed by atoms with Gasteiger partial charge in [0, 0.05) is 16.8 Å². The molecule has 144 valence electrons. The lowest BCUT2D eigenvalue weighted by Crippen LogP contribution is -2.41. The fraction of sp³-hybridized carbons (Fsp3) is 0.429. The van der Waals surface area contributed by atoms with E-state index in [9.17, 15) is 4.79 Å². The highest BCUT2D eigenvalue weighted by molar-refractivity contribution is 6.31. The molecule has 5 nitrogen and oxygen atoms in total. The molecule has 0 radical (unpaired) electrons. The number of oxazole rings is 1. The van der Waals surface area contributed by atoms with E-state index in [-0.39, 0.29) is 30.0 Å². The van der Waals surface area contributed by atoms with Crippen molar-refractivity contribution in [1.82, 2.24) is 9.88 Å². The van der Waals surface area contributed by atoms with Gasteiger partial charge in [0.25, 0.3) is 5.91 Å². The highest BCUT2D eigenvalue weighted by Gasteiger charge is 2.29. The molecule has 6 heteroatoms. The van der Waals surface area contributed by atoms with E-state index in [0.717, 1.165) is 17.7 Å². The van der Waals surface area contributed by atoms with Gasteiger partial charge in [-0.3, -0.25) is 4.79 Å². The Balaban J connectivity index is 1.74. The summed E-state index contributed by atoms with van der Waals surface area (Å²) in [5.41, 5.74) is 3.36. The first-order chi connectivity index (χ1) is 12.6. The second-order valence-electron chi connectivity index (χ2n) is 7.93. The Morgan fingerprint density at radius 3 is 2.81 bits per heavy atom. The smallest absolute Gasteiger partial charge is 0.395 e. The SMILES string of the molecule is CC1=CC(C)(C)CC(N(C(=O)COc2nc3cc(Cl)ccc3o2)C(C)C)=C1.